The standard InChI is InChI=1S/C11H18BrN5/c1-13-10-9(12)11(16-8-15-10)14-4-7-17-5-2-3-6-17/h8H,2-7H2,1H3,(H2,13,14,15,16). The maximum Gasteiger partial charge on any atom is 0.145 e. The maximum absolute atomic E-state index is 4.22. The molecule has 1 aliphatic rings. The van der Waals surface area contributed by atoms with Crippen LogP contribution >= 0.6 is 15.9 Å². The van der Waals surface area contributed by atoms with Crippen LogP contribution in [0.3, 0.4) is 0 Å². The smallest absolute Gasteiger partial charge is 0.145 e. The molecular formula is C11H18BrN5. The van der Waals surface area contributed by atoms with Gasteiger partial charge in [0.15, 0.2) is 0 Å². The number of likely N-dealkylation sites (tertiary alicyclic amines) is 1. The van der Waals surface area contributed by atoms with Crippen LogP contribution in [0.15, 0.2) is 10.8 Å². The Hall–Kier alpha value is -0.880. The molecule has 0 radical (unpaired) electrons. The van der Waals surface area contributed by atoms with E-state index in [0.29, 0.717) is 0 Å². The van der Waals surface area contributed by atoms with Gasteiger partial charge in [-0.15, -0.1) is 0 Å². The summed E-state index contributed by atoms with van der Waals surface area (Å²) in [6, 6.07) is 0. The molecule has 0 aromatic carbocycles. The minimum atomic E-state index is 0.809. The fraction of sp³-hybridized carbons (Fsp3) is 0.636. The summed E-state index contributed by atoms with van der Waals surface area (Å²) in [5.74, 6) is 1.66. The van der Waals surface area contributed by atoms with Gasteiger partial charge in [-0.3, -0.25) is 0 Å². The van der Waals surface area contributed by atoms with Crippen LogP contribution in [0.1, 0.15) is 12.8 Å². The lowest BCUT2D eigenvalue weighted by molar-refractivity contribution is 0.352. The van der Waals surface area contributed by atoms with Crippen molar-refractivity contribution in [1.29, 1.82) is 0 Å². The third-order valence-electron chi connectivity index (χ3n) is 2.95. The minimum Gasteiger partial charge on any atom is -0.372 e. The predicted molar refractivity (Wildman–Crippen MR) is 73.4 cm³/mol. The van der Waals surface area contributed by atoms with E-state index in [2.05, 4.69) is 41.4 Å². The molecule has 2 heterocycles. The SMILES string of the molecule is CNc1ncnc(NCCN2CCCC2)c1Br. The van der Waals surface area contributed by atoms with E-state index in [-0.39, 0.29) is 0 Å². The molecule has 0 atom stereocenters. The lowest BCUT2D eigenvalue weighted by Gasteiger charge is -2.15. The van der Waals surface area contributed by atoms with Gasteiger partial charge in [0, 0.05) is 20.1 Å². The number of hydrogen-bond acceptors (Lipinski definition) is 5. The zero-order chi connectivity index (χ0) is 12.1. The minimum absolute atomic E-state index is 0.809. The number of rotatable bonds is 5. The van der Waals surface area contributed by atoms with Gasteiger partial charge < -0.3 is 15.5 Å². The van der Waals surface area contributed by atoms with Crippen LogP contribution in [0, 0.1) is 0 Å². The molecule has 1 aromatic heterocycles. The third-order valence-corrected chi connectivity index (χ3v) is 3.70. The molecule has 1 fully saturated rings. The fourth-order valence-electron chi connectivity index (χ4n) is 2.01. The average Bonchev–Trinajstić information content (AvgIpc) is 2.84. The summed E-state index contributed by atoms with van der Waals surface area (Å²) < 4.78 is 0.893. The third kappa shape index (κ3) is 3.29. The summed E-state index contributed by atoms with van der Waals surface area (Å²) in [6.07, 6.45) is 4.23. The van der Waals surface area contributed by atoms with E-state index < -0.39 is 0 Å². The molecule has 1 aliphatic heterocycles. The van der Waals surface area contributed by atoms with E-state index in [1.807, 2.05) is 7.05 Å². The summed E-state index contributed by atoms with van der Waals surface area (Å²) >= 11 is 3.49. The van der Waals surface area contributed by atoms with Gasteiger partial charge in [0.2, 0.25) is 0 Å². The molecule has 0 spiro atoms. The lowest BCUT2D eigenvalue weighted by atomic mass is 10.4. The summed E-state index contributed by atoms with van der Waals surface area (Å²) in [5.41, 5.74) is 0. The van der Waals surface area contributed by atoms with E-state index in [4.69, 9.17) is 0 Å². The van der Waals surface area contributed by atoms with Gasteiger partial charge in [-0.05, 0) is 41.9 Å². The van der Waals surface area contributed by atoms with E-state index in [9.17, 15) is 0 Å². The summed E-state index contributed by atoms with van der Waals surface area (Å²) in [4.78, 5) is 10.8. The average molecular weight is 300 g/mol. The van der Waals surface area contributed by atoms with Crippen molar-refractivity contribution in [2.24, 2.45) is 0 Å². The number of nitrogens with one attached hydrogen (secondary N) is 2. The number of nitrogens with zero attached hydrogens (tertiary/aromatic N) is 3. The zero-order valence-electron chi connectivity index (χ0n) is 10.0. The number of anilines is 2. The van der Waals surface area contributed by atoms with Crippen molar-refractivity contribution in [3.8, 4) is 0 Å². The highest BCUT2D eigenvalue weighted by Gasteiger charge is 2.11. The molecule has 5 nitrogen and oxygen atoms in total. The van der Waals surface area contributed by atoms with Crippen LogP contribution in [0.4, 0.5) is 11.6 Å². The normalized spacial score (nSPS) is 16.1. The molecule has 94 valence electrons. The quantitative estimate of drug-likeness (QED) is 0.868. The van der Waals surface area contributed by atoms with Gasteiger partial charge in [-0.25, -0.2) is 9.97 Å². The second kappa shape index (κ2) is 6.16. The molecule has 0 saturated carbocycles. The van der Waals surface area contributed by atoms with Crippen molar-refractivity contribution in [2.75, 3.05) is 43.9 Å². The van der Waals surface area contributed by atoms with Gasteiger partial charge in [0.1, 0.15) is 22.4 Å². The van der Waals surface area contributed by atoms with Crippen molar-refractivity contribution in [1.82, 2.24) is 14.9 Å². The Labute approximate surface area is 110 Å². The highest BCUT2D eigenvalue weighted by molar-refractivity contribution is 9.10. The second-order valence-corrected chi connectivity index (χ2v) is 4.90. The van der Waals surface area contributed by atoms with Crippen molar-refractivity contribution in [2.45, 2.75) is 12.8 Å². The van der Waals surface area contributed by atoms with Crippen LogP contribution in [-0.4, -0.2) is 48.1 Å². The molecule has 0 unspecified atom stereocenters. The van der Waals surface area contributed by atoms with Gasteiger partial charge in [0.05, 0.1) is 0 Å². The van der Waals surface area contributed by atoms with Crippen LogP contribution in [-0.2, 0) is 0 Å². The van der Waals surface area contributed by atoms with Crippen molar-refractivity contribution < 1.29 is 0 Å². The second-order valence-electron chi connectivity index (χ2n) is 4.11. The largest absolute Gasteiger partial charge is 0.372 e. The Balaban J connectivity index is 1.85. The maximum atomic E-state index is 4.22. The topological polar surface area (TPSA) is 53.1 Å². The molecule has 0 amide bonds. The van der Waals surface area contributed by atoms with E-state index in [0.717, 1.165) is 29.2 Å². The molecule has 6 heteroatoms. The van der Waals surface area contributed by atoms with Crippen LogP contribution in [0.25, 0.3) is 0 Å². The fourth-order valence-corrected chi connectivity index (χ4v) is 2.55. The van der Waals surface area contributed by atoms with E-state index in [1.54, 1.807) is 6.33 Å². The molecule has 17 heavy (non-hydrogen) atoms. The number of aromatic nitrogens is 2. The van der Waals surface area contributed by atoms with Crippen LogP contribution in [0.2, 0.25) is 0 Å². The van der Waals surface area contributed by atoms with Gasteiger partial charge >= 0.3 is 0 Å². The van der Waals surface area contributed by atoms with Gasteiger partial charge in [0.25, 0.3) is 0 Å². The highest BCUT2D eigenvalue weighted by Crippen LogP contribution is 2.25. The molecule has 2 N–H and O–H groups in total. The number of hydrogen-bond donors (Lipinski definition) is 2. The lowest BCUT2D eigenvalue weighted by Crippen LogP contribution is -2.26. The first-order chi connectivity index (χ1) is 8.31. The first kappa shape index (κ1) is 12.6. The molecular weight excluding hydrogens is 282 g/mol. The Morgan fingerprint density at radius 2 is 2.00 bits per heavy atom. The predicted octanol–water partition coefficient (Wildman–Crippen LogP) is 1.79. The van der Waals surface area contributed by atoms with Gasteiger partial charge in [-0.1, -0.05) is 0 Å². The summed E-state index contributed by atoms with van der Waals surface area (Å²) in [7, 11) is 1.85. The molecule has 1 saturated heterocycles. The van der Waals surface area contributed by atoms with Crippen molar-refractivity contribution in [3.05, 3.63) is 10.8 Å². The Morgan fingerprint density at radius 3 is 2.71 bits per heavy atom. The zero-order valence-corrected chi connectivity index (χ0v) is 11.6. The first-order valence-electron chi connectivity index (χ1n) is 5.95. The highest BCUT2D eigenvalue weighted by atomic mass is 79.9. The molecule has 2 rings (SSSR count). The molecule has 0 bridgehead atoms. The number of halogens is 1. The monoisotopic (exact) mass is 299 g/mol. The van der Waals surface area contributed by atoms with Crippen LogP contribution in [0.5, 0.6) is 0 Å². The van der Waals surface area contributed by atoms with Crippen LogP contribution < -0.4 is 10.6 Å². The summed E-state index contributed by atoms with van der Waals surface area (Å²) in [6.45, 7) is 4.45. The molecule has 1 aromatic rings. The Morgan fingerprint density at radius 1 is 1.29 bits per heavy atom. The Kier molecular flexibility index (Phi) is 4.56. The van der Waals surface area contributed by atoms with Gasteiger partial charge in [-0.2, -0.15) is 0 Å². The van der Waals surface area contributed by atoms with E-state index >= 15 is 0 Å². The molecule has 0 aliphatic carbocycles. The van der Waals surface area contributed by atoms with E-state index in [1.165, 1.54) is 25.9 Å². The summed E-state index contributed by atoms with van der Waals surface area (Å²) in [5, 5.41) is 6.35. The Bertz CT molecular complexity index is 365. The van der Waals surface area contributed by atoms with Crippen molar-refractivity contribution >= 4 is 27.6 Å². The van der Waals surface area contributed by atoms with Crippen molar-refractivity contribution in [3.63, 3.8) is 0 Å². The first-order valence-corrected chi connectivity index (χ1v) is 6.75.